The highest BCUT2D eigenvalue weighted by Crippen LogP contribution is 2.35. The van der Waals surface area contributed by atoms with Crippen LogP contribution in [0.5, 0.6) is 0 Å². The lowest BCUT2D eigenvalue weighted by Gasteiger charge is -2.30. The lowest BCUT2D eigenvalue weighted by molar-refractivity contribution is -0.0147. The molecule has 2 rings (SSSR count). The van der Waals surface area contributed by atoms with Gasteiger partial charge in [-0.25, -0.2) is 0 Å². The van der Waals surface area contributed by atoms with Crippen molar-refractivity contribution in [2.75, 3.05) is 0 Å². The first-order valence-electron chi connectivity index (χ1n) is 6.87. The Labute approximate surface area is 103 Å². The van der Waals surface area contributed by atoms with Crippen LogP contribution in [0.4, 0.5) is 0 Å². The van der Waals surface area contributed by atoms with Gasteiger partial charge in [-0.2, -0.15) is 0 Å². The number of hydrogen-bond donors (Lipinski definition) is 4. The summed E-state index contributed by atoms with van der Waals surface area (Å²) in [6, 6.07) is -0.328. The van der Waals surface area contributed by atoms with Gasteiger partial charge in [0.25, 0.3) is 0 Å². The molecule has 4 heteroatoms. The highest BCUT2D eigenvalue weighted by molar-refractivity contribution is 4.90. The van der Waals surface area contributed by atoms with Gasteiger partial charge in [-0.05, 0) is 56.8 Å². The number of rotatable bonds is 5. The quantitative estimate of drug-likeness (QED) is 0.562. The molecule has 0 aliphatic heterocycles. The predicted octanol–water partition coefficient (Wildman–Crippen LogP) is 0.387. The Morgan fingerprint density at radius 3 is 2.12 bits per heavy atom. The van der Waals surface area contributed by atoms with Crippen LogP contribution in [0.25, 0.3) is 0 Å². The van der Waals surface area contributed by atoms with Crippen LogP contribution < -0.4 is 5.73 Å². The van der Waals surface area contributed by atoms with Crippen LogP contribution >= 0.6 is 0 Å². The second kappa shape index (κ2) is 5.65. The van der Waals surface area contributed by atoms with Crippen molar-refractivity contribution in [3.8, 4) is 0 Å². The van der Waals surface area contributed by atoms with Gasteiger partial charge in [0, 0.05) is 6.04 Å². The van der Waals surface area contributed by atoms with E-state index < -0.39 is 12.2 Å². The van der Waals surface area contributed by atoms with Crippen LogP contribution in [0.1, 0.15) is 44.9 Å². The van der Waals surface area contributed by atoms with Gasteiger partial charge >= 0.3 is 0 Å². The van der Waals surface area contributed by atoms with Crippen molar-refractivity contribution in [3.63, 3.8) is 0 Å². The number of aliphatic hydroxyl groups excluding tert-OH is 3. The highest BCUT2D eigenvalue weighted by atomic mass is 16.3. The van der Waals surface area contributed by atoms with E-state index in [0.29, 0.717) is 5.92 Å². The van der Waals surface area contributed by atoms with Gasteiger partial charge in [-0.1, -0.05) is 0 Å². The summed E-state index contributed by atoms with van der Waals surface area (Å²) in [5, 5.41) is 29.2. The molecule has 2 aliphatic rings. The summed E-state index contributed by atoms with van der Waals surface area (Å²) in [7, 11) is 0. The van der Waals surface area contributed by atoms with E-state index in [-0.39, 0.29) is 18.1 Å². The van der Waals surface area contributed by atoms with Crippen LogP contribution in [-0.4, -0.2) is 39.7 Å². The molecule has 0 saturated heterocycles. The third kappa shape index (κ3) is 3.65. The molecule has 2 fully saturated rings. The molecule has 0 aromatic rings. The Morgan fingerprint density at radius 1 is 1.00 bits per heavy atom. The number of hydrogen-bond acceptors (Lipinski definition) is 4. The summed E-state index contributed by atoms with van der Waals surface area (Å²) >= 11 is 0. The summed E-state index contributed by atoms with van der Waals surface area (Å²) in [6.07, 6.45) is 4.89. The van der Waals surface area contributed by atoms with Gasteiger partial charge < -0.3 is 21.1 Å². The van der Waals surface area contributed by atoms with Gasteiger partial charge in [-0.3, -0.25) is 0 Å². The lowest BCUT2D eigenvalue weighted by atomic mass is 9.82. The van der Waals surface area contributed by atoms with Crippen LogP contribution in [0.3, 0.4) is 0 Å². The van der Waals surface area contributed by atoms with Crippen molar-refractivity contribution >= 4 is 0 Å². The molecule has 17 heavy (non-hydrogen) atoms. The molecule has 0 amide bonds. The molecule has 5 N–H and O–H groups in total. The average molecular weight is 243 g/mol. The van der Waals surface area contributed by atoms with Gasteiger partial charge in [-0.15, -0.1) is 0 Å². The SMILES string of the molecule is N[C@@H](CC1CCC(O)CC1)[C@@H](O)[C@@H](O)C1CC1. The van der Waals surface area contributed by atoms with Gasteiger partial charge in [0.2, 0.25) is 0 Å². The minimum absolute atomic E-state index is 0.149. The molecule has 0 aromatic carbocycles. The van der Waals surface area contributed by atoms with Crippen molar-refractivity contribution in [1.29, 1.82) is 0 Å². The van der Waals surface area contributed by atoms with E-state index >= 15 is 0 Å². The fourth-order valence-corrected chi connectivity index (χ4v) is 2.87. The minimum Gasteiger partial charge on any atom is -0.393 e. The Morgan fingerprint density at radius 2 is 1.59 bits per heavy atom. The number of nitrogens with two attached hydrogens (primary N) is 1. The molecule has 0 spiro atoms. The zero-order valence-electron chi connectivity index (χ0n) is 10.3. The van der Waals surface area contributed by atoms with Crippen LogP contribution in [0.2, 0.25) is 0 Å². The predicted molar refractivity (Wildman–Crippen MR) is 65.3 cm³/mol. The van der Waals surface area contributed by atoms with E-state index in [1.54, 1.807) is 0 Å². The van der Waals surface area contributed by atoms with E-state index in [1.807, 2.05) is 0 Å². The summed E-state index contributed by atoms with van der Waals surface area (Å²) in [5.41, 5.74) is 5.98. The molecule has 4 nitrogen and oxygen atoms in total. The molecular weight excluding hydrogens is 218 g/mol. The smallest absolute Gasteiger partial charge is 0.0952 e. The first-order chi connectivity index (χ1) is 8.08. The van der Waals surface area contributed by atoms with Gasteiger partial charge in [0.15, 0.2) is 0 Å². The molecule has 0 unspecified atom stereocenters. The Kier molecular flexibility index (Phi) is 4.42. The second-order valence-electron chi connectivity index (χ2n) is 5.89. The third-order valence-electron chi connectivity index (χ3n) is 4.32. The third-order valence-corrected chi connectivity index (χ3v) is 4.32. The van der Waals surface area contributed by atoms with Crippen molar-refractivity contribution < 1.29 is 15.3 Å². The lowest BCUT2D eigenvalue weighted by Crippen LogP contribution is -2.45. The maximum absolute atomic E-state index is 9.95. The normalized spacial score (nSPS) is 35.3. The van der Waals surface area contributed by atoms with E-state index in [4.69, 9.17) is 5.73 Å². The zero-order valence-corrected chi connectivity index (χ0v) is 10.3. The molecule has 2 aliphatic carbocycles. The Balaban J connectivity index is 1.73. The van der Waals surface area contributed by atoms with Crippen molar-refractivity contribution in [1.82, 2.24) is 0 Å². The first kappa shape index (κ1) is 13.3. The minimum atomic E-state index is -0.783. The summed E-state index contributed by atoms with van der Waals surface area (Å²) in [4.78, 5) is 0. The monoisotopic (exact) mass is 243 g/mol. The maximum Gasteiger partial charge on any atom is 0.0952 e. The molecule has 0 bridgehead atoms. The Bertz CT molecular complexity index is 237. The average Bonchev–Trinajstić information content (AvgIpc) is 3.14. The summed E-state index contributed by atoms with van der Waals surface area (Å²) in [5.74, 6) is 0.763. The second-order valence-corrected chi connectivity index (χ2v) is 5.89. The van der Waals surface area contributed by atoms with E-state index in [0.717, 1.165) is 44.9 Å². The zero-order chi connectivity index (χ0) is 12.4. The molecule has 100 valence electrons. The van der Waals surface area contributed by atoms with Crippen molar-refractivity contribution in [2.24, 2.45) is 17.6 Å². The maximum atomic E-state index is 9.95. The molecule has 0 heterocycles. The molecular formula is C13H25NO3. The topological polar surface area (TPSA) is 86.7 Å². The first-order valence-corrected chi connectivity index (χ1v) is 6.87. The van der Waals surface area contributed by atoms with Crippen LogP contribution in [0, 0.1) is 11.8 Å². The van der Waals surface area contributed by atoms with E-state index in [1.165, 1.54) is 0 Å². The Hall–Kier alpha value is -0.160. The fourth-order valence-electron chi connectivity index (χ4n) is 2.87. The van der Waals surface area contributed by atoms with E-state index in [9.17, 15) is 15.3 Å². The molecule has 0 radical (unpaired) electrons. The number of aliphatic hydroxyl groups is 3. The largest absolute Gasteiger partial charge is 0.393 e. The fraction of sp³-hybridized carbons (Fsp3) is 1.00. The van der Waals surface area contributed by atoms with Crippen molar-refractivity contribution in [3.05, 3.63) is 0 Å². The molecule has 3 atom stereocenters. The van der Waals surface area contributed by atoms with E-state index in [2.05, 4.69) is 0 Å². The summed E-state index contributed by atoms with van der Waals surface area (Å²) in [6.45, 7) is 0. The van der Waals surface area contributed by atoms with Crippen molar-refractivity contribution in [2.45, 2.75) is 69.3 Å². The van der Waals surface area contributed by atoms with Gasteiger partial charge in [0.05, 0.1) is 18.3 Å². The standard InChI is InChI=1S/C13H25NO3/c14-11(13(17)12(16)9-3-4-9)7-8-1-5-10(15)6-2-8/h8-13,15-17H,1-7,14H2/t8?,10?,11-,12-,13+/m0/s1. The summed E-state index contributed by atoms with van der Waals surface area (Å²) < 4.78 is 0. The van der Waals surface area contributed by atoms with Gasteiger partial charge in [0.1, 0.15) is 0 Å². The van der Waals surface area contributed by atoms with Crippen LogP contribution in [-0.2, 0) is 0 Å². The van der Waals surface area contributed by atoms with Crippen LogP contribution in [0.15, 0.2) is 0 Å². The molecule has 0 aromatic heterocycles. The highest BCUT2D eigenvalue weighted by Gasteiger charge is 2.37. The molecule has 2 saturated carbocycles.